The van der Waals surface area contributed by atoms with E-state index in [0.717, 1.165) is 26.4 Å². The summed E-state index contributed by atoms with van der Waals surface area (Å²) in [6, 6.07) is 1.46. The van der Waals surface area contributed by atoms with Crippen molar-refractivity contribution in [1.82, 2.24) is 0 Å². The first kappa shape index (κ1) is 14.7. The molecule has 19 heavy (non-hydrogen) atoms. The molecule has 0 saturated carbocycles. The highest BCUT2D eigenvalue weighted by atomic mass is 19.1. The summed E-state index contributed by atoms with van der Waals surface area (Å²) in [7, 11) is 2.06. The van der Waals surface area contributed by atoms with E-state index < -0.39 is 41.3 Å². The SMILES string of the molecule is COC(=O)C(=O)CC(=O)c1cc(F)c(OC)c(F)c1. The second kappa shape index (κ2) is 6.03. The Bertz CT molecular complexity index is 516. The summed E-state index contributed by atoms with van der Waals surface area (Å²) in [6.45, 7) is 0. The van der Waals surface area contributed by atoms with E-state index in [9.17, 15) is 23.2 Å². The number of hydrogen-bond acceptors (Lipinski definition) is 5. The first-order valence-corrected chi connectivity index (χ1v) is 5.08. The maximum absolute atomic E-state index is 13.3. The van der Waals surface area contributed by atoms with Gasteiger partial charge < -0.3 is 9.47 Å². The third-order valence-corrected chi connectivity index (χ3v) is 2.26. The molecule has 1 aromatic rings. The van der Waals surface area contributed by atoms with Gasteiger partial charge in [-0.15, -0.1) is 0 Å². The number of esters is 1. The van der Waals surface area contributed by atoms with Gasteiger partial charge in [0.2, 0.25) is 5.78 Å². The smallest absolute Gasteiger partial charge is 0.374 e. The molecule has 7 heteroatoms. The fraction of sp³-hybridized carbons (Fsp3) is 0.250. The fourth-order valence-electron chi connectivity index (χ4n) is 1.35. The van der Waals surface area contributed by atoms with Gasteiger partial charge in [0.25, 0.3) is 0 Å². The zero-order valence-electron chi connectivity index (χ0n) is 10.2. The van der Waals surface area contributed by atoms with Gasteiger partial charge in [-0.1, -0.05) is 0 Å². The van der Waals surface area contributed by atoms with Crippen molar-refractivity contribution < 1.29 is 32.6 Å². The molecular formula is C12H10F2O5. The molecule has 0 spiro atoms. The molecule has 0 saturated heterocycles. The number of methoxy groups -OCH3 is 2. The van der Waals surface area contributed by atoms with Crippen LogP contribution in [0, 0.1) is 11.6 Å². The van der Waals surface area contributed by atoms with E-state index in [-0.39, 0.29) is 5.56 Å². The number of carbonyl (C=O) groups is 3. The van der Waals surface area contributed by atoms with Crippen molar-refractivity contribution in [3.8, 4) is 5.75 Å². The standard InChI is InChI=1S/C12H10F2O5/c1-18-11-7(13)3-6(4-8(11)14)9(15)5-10(16)12(17)19-2/h3-4H,5H2,1-2H3. The molecule has 0 radical (unpaired) electrons. The quantitative estimate of drug-likeness (QED) is 0.349. The van der Waals surface area contributed by atoms with Gasteiger partial charge in [-0.25, -0.2) is 13.6 Å². The number of ketones is 2. The van der Waals surface area contributed by atoms with Crippen molar-refractivity contribution >= 4 is 17.5 Å². The number of hydrogen-bond donors (Lipinski definition) is 0. The van der Waals surface area contributed by atoms with Crippen molar-refractivity contribution in [2.75, 3.05) is 14.2 Å². The first-order valence-electron chi connectivity index (χ1n) is 5.08. The van der Waals surface area contributed by atoms with Gasteiger partial charge in [0, 0.05) is 5.56 Å². The molecule has 0 bridgehead atoms. The van der Waals surface area contributed by atoms with Gasteiger partial charge in [-0.3, -0.25) is 9.59 Å². The zero-order chi connectivity index (χ0) is 14.6. The molecule has 102 valence electrons. The maximum atomic E-state index is 13.3. The van der Waals surface area contributed by atoms with Crippen molar-refractivity contribution in [2.45, 2.75) is 6.42 Å². The van der Waals surface area contributed by atoms with E-state index in [4.69, 9.17) is 0 Å². The molecule has 1 rings (SSSR count). The average molecular weight is 272 g/mol. The number of ether oxygens (including phenoxy) is 2. The maximum Gasteiger partial charge on any atom is 0.374 e. The third-order valence-electron chi connectivity index (χ3n) is 2.26. The molecule has 1 aromatic carbocycles. The van der Waals surface area contributed by atoms with E-state index >= 15 is 0 Å². The van der Waals surface area contributed by atoms with Crippen LogP contribution >= 0.6 is 0 Å². The Labute approximate surface area is 107 Å². The predicted molar refractivity (Wildman–Crippen MR) is 58.9 cm³/mol. The Kier molecular flexibility index (Phi) is 4.68. The van der Waals surface area contributed by atoms with Crippen molar-refractivity contribution in [3.63, 3.8) is 0 Å². The second-order valence-electron chi connectivity index (χ2n) is 3.49. The number of benzene rings is 1. The zero-order valence-corrected chi connectivity index (χ0v) is 10.2. The van der Waals surface area contributed by atoms with Crippen LogP contribution in [-0.2, 0) is 14.3 Å². The minimum Gasteiger partial charge on any atom is -0.491 e. The summed E-state index contributed by atoms with van der Waals surface area (Å²) in [4.78, 5) is 33.5. The lowest BCUT2D eigenvalue weighted by Crippen LogP contribution is -2.19. The Balaban J connectivity index is 2.96. The molecule has 0 amide bonds. The highest BCUT2D eigenvalue weighted by Gasteiger charge is 2.21. The highest BCUT2D eigenvalue weighted by Crippen LogP contribution is 2.23. The topological polar surface area (TPSA) is 69.7 Å². The van der Waals surface area contributed by atoms with Crippen molar-refractivity contribution in [3.05, 3.63) is 29.3 Å². The molecule has 0 atom stereocenters. The Hall–Kier alpha value is -2.31. The summed E-state index contributed by atoms with van der Waals surface area (Å²) in [6.07, 6.45) is -0.822. The Morgan fingerprint density at radius 1 is 1.11 bits per heavy atom. The summed E-state index contributed by atoms with van der Waals surface area (Å²) < 4.78 is 35.2. The molecular weight excluding hydrogens is 262 g/mol. The Morgan fingerprint density at radius 2 is 1.63 bits per heavy atom. The third kappa shape index (κ3) is 3.34. The van der Waals surface area contributed by atoms with Crippen LogP contribution in [0.25, 0.3) is 0 Å². The summed E-state index contributed by atoms with van der Waals surface area (Å²) >= 11 is 0. The van der Waals surface area contributed by atoms with E-state index in [0.29, 0.717) is 0 Å². The van der Waals surface area contributed by atoms with Crippen LogP contribution in [0.4, 0.5) is 8.78 Å². The number of halogens is 2. The molecule has 0 unspecified atom stereocenters. The molecule has 0 N–H and O–H groups in total. The van der Waals surface area contributed by atoms with Crippen LogP contribution in [0.3, 0.4) is 0 Å². The highest BCUT2D eigenvalue weighted by molar-refractivity contribution is 6.38. The van der Waals surface area contributed by atoms with Crippen LogP contribution in [0.5, 0.6) is 5.75 Å². The molecule has 0 aliphatic rings. The molecule has 0 aliphatic heterocycles. The van der Waals surface area contributed by atoms with Gasteiger partial charge in [-0.05, 0) is 12.1 Å². The van der Waals surface area contributed by atoms with Crippen molar-refractivity contribution in [2.24, 2.45) is 0 Å². The van der Waals surface area contributed by atoms with E-state index in [1.807, 2.05) is 0 Å². The lowest BCUT2D eigenvalue weighted by atomic mass is 10.1. The predicted octanol–water partition coefficient (Wildman–Crippen LogP) is 1.29. The minimum absolute atomic E-state index is 0.368. The second-order valence-corrected chi connectivity index (χ2v) is 3.49. The van der Waals surface area contributed by atoms with Gasteiger partial charge >= 0.3 is 5.97 Å². The van der Waals surface area contributed by atoms with Gasteiger partial charge in [0.15, 0.2) is 23.2 Å². The van der Waals surface area contributed by atoms with Crippen LogP contribution in [-0.4, -0.2) is 31.8 Å². The summed E-state index contributed by atoms with van der Waals surface area (Å²) in [5.74, 6) is -5.95. The van der Waals surface area contributed by atoms with E-state index in [2.05, 4.69) is 9.47 Å². The monoisotopic (exact) mass is 272 g/mol. The fourth-order valence-corrected chi connectivity index (χ4v) is 1.35. The Morgan fingerprint density at radius 3 is 2.05 bits per heavy atom. The van der Waals surface area contributed by atoms with Crippen molar-refractivity contribution in [1.29, 1.82) is 0 Å². The lowest BCUT2D eigenvalue weighted by molar-refractivity contribution is -0.151. The normalized spacial score (nSPS) is 9.89. The van der Waals surface area contributed by atoms with E-state index in [1.165, 1.54) is 0 Å². The molecule has 0 aliphatic carbocycles. The molecule has 5 nitrogen and oxygen atoms in total. The molecule has 0 heterocycles. The average Bonchev–Trinajstić information content (AvgIpc) is 2.37. The molecule has 0 aromatic heterocycles. The van der Waals surface area contributed by atoms with E-state index in [1.54, 1.807) is 0 Å². The van der Waals surface area contributed by atoms with Gasteiger partial charge in [0.05, 0.1) is 20.6 Å². The summed E-state index contributed by atoms with van der Waals surface area (Å²) in [5, 5.41) is 0. The molecule has 0 fully saturated rings. The van der Waals surface area contributed by atoms with Crippen LogP contribution < -0.4 is 4.74 Å². The first-order chi connectivity index (χ1) is 8.90. The number of carbonyl (C=O) groups excluding carboxylic acids is 3. The van der Waals surface area contributed by atoms with Gasteiger partial charge in [-0.2, -0.15) is 0 Å². The van der Waals surface area contributed by atoms with Gasteiger partial charge in [0.1, 0.15) is 0 Å². The number of rotatable bonds is 5. The largest absolute Gasteiger partial charge is 0.491 e. The van der Waals surface area contributed by atoms with Crippen LogP contribution in [0.1, 0.15) is 16.8 Å². The minimum atomic E-state index is -1.19. The lowest BCUT2D eigenvalue weighted by Gasteiger charge is -2.06. The summed E-state index contributed by atoms with van der Waals surface area (Å²) in [5.41, 5.74) is -0.368. The number of Topliss-reactive ketones (excluding diaryl/α,β-unsaturated/α-hetero) is 2. The van der Waals surface area contributed by atoms with Crippen LogP contribution in [0.15, 0.2) is 12.1 Å². The van der Waals surface area contributed by atoms with Crippen LogP contribution in [0.2, 0.25) is 0 Å².